The molecule has 7 heteroatoms. The molecule has 5 rings (SSSR count). The smallest absolute Gasteiger partial charge is 0.231 e. The number of thioether (sulfide) groups is 1. The summed E-state index contributed by atoms with van der Waals surface area (Å²) < 4.78 is 16.2. The Morgan fingerprint density at radius 1 is 1.13 bits per heavy atom. The Hall–Kier alpha value is -2.77. The third-order valence-electron chi connectivity index (χ3n) is 5.22. The van der Waals surface area contributed by atoms with Gasteiger partial charge in [-0.1, -0.05) is 30.3 Å². The highest BCUT2D eigenvalue weighted by Crippen LogP contribution is 2.39. The molecule has 0 N–H and O–H groups in total. The Kier molecular flexibility index (Phi) is 5.46. The maximum Gasteiger partial charge on any atom is 0.231 e. The van der Waals surface area contributed by atoms with E-state index in [1.54, 1.807) is 18.9 Å². The minimum atomic E-state index is 0.268. The lowest BCUT2D eigenvalue weighted by Crippen LogP contribution is -2.34. The van der Waals surface area contributed by atoms with Crippen LogP contribution in [0.2, 0.25) is 0 Å². The van der Waals surface area contributed by atoms with Crippen molar-refractivity contribution in [1.82, 2.24) is 9.88 Å². The second-order valence-corrected chi connectivity index (χ2v) is 8.22. The van der Waals surface area contributed by atoms with Gasteiger partial charge in [0.1, 0.15) is 5.03 Å². The van der Waals surface area contributed by atoms with Crippen LogP contribution in [-0.4, -0.2) is 48.7 Å². The summed E-state index contributed by atoms with van der Waals surface area (Å²) in [6.45, 7) is 3.21. The molecule has 2 aromatic carbocycles. The molecule has 0 aliphatic carbocycles. The summed E-state index contributed by atoms with van der Waals surface area (Å²) in [4.78, 5) is 12.1. The van der Waals surface area contributed by atoms with E-state index < -0.39 is 0 Å². The van der Waals surface area contributed by atoms with Crippen molar-refractivity contribution >= 4 is 27.8 Å². The molecule has 0 saturated carbocycles. The number of rotatable bonds is 6. The lowest BCUT2D eigenvalue weighted by atomic mass is 10.1. The molecule has 30 heavy (non-hydrogen) atoms. The van der Waals surface area contributed by atoms with Gasteiger partial charge in [0.2, 0.25) is 6.79 Å². The van der Waals surface area contributed by atoms with Crippen molar-refractivity contribution in [2.24, 2.45) is 4.99 Å². The van der Waals surface area contributed by atoms with Crippen LogP contribution in [-0.2, 0) is 17.7 Å². The van der Waals surface area contributed by atoms with E-state index in [1.807, 2.05) is 12.1 Å². The first-order chi connectivity index (χ1) is 14.8. The van der Waals surface area contributed by atoms with Crippen LogP contribution < -0.4 is 9.47 Å². The van der Waals surface area contributed by atoms with Crippen LogP contribution in [0.15, 0.2) is 58.5 Å². The molecule has 0 amide bonds. The fourth-order valence-electron chi connectivity index (χ4n) is 3.66. The number of nitrogens with zero attached hydrogens (tertiary/aromatic N) is 3. The zero-order valence-corrected chi connectivity index (χ0v) is 17.7. The van der Waals surface area contributed by atoms with Gasteiger partial charge in [0.25, 0.3) is 0 Å². The molecule has 1 aromatic heterocycles. The van der Waals surface area contributed by atoms with E-state index in [4.69, 9.17) is 24.2 Å². The van der Waals surface area contributed by atoms with Crippen LogP contribution >= 0.6 is 11.8 Å². The molecule has 0 spiro atoms. The first-order valence-electron chi connectivity index (χ1n) is 10.0. The third-order valence-corrected chi connectivity index (χ3v) is 6.34. The number of pyridine rings is 1. The molecular weight excluding hydrogens is 398 g/mol. The Labute approximate surface area is 179 Å². The molecule has 0 atom stereocenters. The number of fused-ring (bicyclic) bond motifs is 3. The van der Waals surface area contributed by atoms with E-state index in [2.05, 4.69) is 41.3 Å². The molecule has 3 aromatic rings. The van der Waals surface area contributed by atoms with Gasteiger partial charge in [-0.05, 0) is 35.9 Å². The summed E-state index contributed by atoms with van der Waals surface area (Å²) in [5.74, 6) is 1.55. The maximum absolute atomic E-state index is 5.53. The minimum Gasteiger partial charge on any atom is -0.454 e. The highest BCUT2D eigenvalue weighted by molar-refractivity contribution is 8.13. The lowest BCUT2D eigenvalue weighted by molar-refractivity contribution is 0.174. The van der Waals surface area contributed by atoms with Crippen molar-refractivity contribution in [2.45, 2.75) is 18.0 Å². The first-order valence-corrected chi connectivity index (χ1v) is 10.9. The second kappa shape index (κ2) is 8.53. The maximum atomic E-state index is 5.53. The van der Waals surface area contributed by atoms with Crippen LogP contribution in [0.4, 0.5) is 0 Å². The van der Waals surface area contributed by atoms with E-state index in [0.717, 1.165) is 52.1 Å². The average Bonchev–Trinajstić information content (AvgIpc) is 3.22. The standard InChI is InChI=1S/C23H23N3O3S/c1-27-10-8-24-23-26(9-7-16-5-3-2-4-6-16)14-18-11-17-12-20-21(29-15-28-20)13-19(17)25-22(18)30-23/h2-6,11-13H,7-10,14-15H2,1H3. The summed E-state index contributed by atoms with van der Waals surface area (Å²) in [6, 6.07) is 16.8. The van der Waals surface area contributed by atoms with Crippen molar-refractivity contribution in [3.63, 3.8) is 0 Å². The monoisotopic (exact) mass is 421 g/mol. The van der Waals surface area contributed by atoms with Crippen molar-refractivity contribution in [2.75, 3.05) is 33.6 Å². The average molecular weight is 422 g/mol. The molecule has 154 valence electrons. The van der Waals surface area contributed by atoms with E-state index in [-0.39, 0.29) is 6.79 Å². The molecule has 0 unspecified atom stereocenters. The molecule has 2 aliphatic rings. The van der Waals surface area contributed by atoms with E-state index in [9.17, 15) is 0 Å². The minimum absolute atomic E-state index is 0.268. The van der Waals surface area contributed by atoms with E-state index >= 15 is 0 Å². The normalized spacial score (nSPS) is 16.3. The topological polar surface area (TPSA) is 56.2 Å². The van der Waals surface area contributed by atoms with Crippen molar-refractivity contribution in [3.05, 3.63) is 59.7 Å². The zero-order valence-electron chi connectivity index (χ0n) is 16.8. The lowest BCUT2D eigenvalue weighted by Gasteiger charge is -2.31. The van der Waals surface area contributed by atoms with Gasteiger partial charge in [-0.15, -0.1) is 0 Å². The Morgan fingerprint density at radius 2 is 1.97 bits per heavy atom. The molecule has 6 nitrogen and oxygen atoms in total. The highest BCUT2D eigenvalue weighted by Gasteiger charge is 2.25. The fraction of sp³-hybridized carbons (Fsp3) is 0.304. The molecule has 3 heterocycles. The van der Waals surface area contributed by atoms with Crippen molar-refractivity contribution in [3.8, 4) is 11.5 Å². The van der Waals surface area contributed by atoms with Crippen LogP contribution in [0.25, 0.3) is 10.9 Å². The number of amidine groups is 1. The van der Waals surface area contributed by atoms with Crippen LogP contribution in [0.5, 0.6) is 11.5 Å². The summed E-state index contributed by atoms with van der Waals surface area (Å²) in [5, 5.41) is 3.08. The summed E-state index contributed by atoms with van der Waals surface area (Å²) >= 11 is 1.64. The number of hydrogen-bond donors (Lipinski definition) is 0. The third kappa shape index (κ3) is 3.95. The summed E-state index contributed by atoms with van der Waals surface area (Å²) in [7, 11) is 1.70. The van der Waals surface area contributed by atoms with Crippen LogP contribution in [0.1, 0.15) is 11.1 Å². The van der Waals surface area contributed by atoms with Crippen molar-refractivity contribution in [1.29, 1.82) is 0 Å². The highest BCUT2D eigenvalue weighted by atomic mass is 32.2. The Balaban J connectivity index is 1.44. The largest absolute Gasteiger partial charge is 0.454 e. The van der Waals surface area contributed by atoms with Gasteiger partial charge >= 0.3 is 0 Å². The molecule has 0 bridgehead atoms. The fourth-order valence-corrected chi connectivity index (χ4v) is 4.68. The van der Waals surface area contributed by atoms with Gasteiger partial charge in [0.05, 0.1) is 18.7 Å². The first kappa shape index (κ1) is 19.2. The predicted octanol–water partition coefficient (Wildman–Crippen LogP) is 4.12. The van der Waals surface area contributed by atoms with Gasteiger partial charge in [-0.25, -0.2) is 4.98 Å². The van der Waals surface area contributed by atoms with Crippen molar-refractivity contribution < 1.29 is 14.2 Å². The summed E-state index contributed by atoms with van der Waals surface area (Å²) in [6.07, 6.45) is 0.972. The number of benzene rings is 2. The number of hydrogen-bond acceptors (Lipinski definition) is 6. The van der Waals surface area contributed by atoms with Gasteiger partial charge in [-0.3, -0.25) is 4.99 Å². The summed E-state index contributed by atoms with van der Waals surface area (Å²) in [5.41, 5.74) is 3.46. The van der Waals surface area contributed by atoms with Gasteiger partial charge in [0, 0.05) is 37.2 Å². The molecule has 0 saturated heterocycles. The predicted molar refractivity (Wildman–Crippen MR) is 118 cm³/mol. The van der Waals surface area contributed by atoms with Crippen LogP contribution in [0.3, 0.4) is 0 Å². The number of aliphatic imine (C=N–C) groups is 1. The van der Waals surface area contributed by atoms with Crippen LogP contribution in [0, 0.1) is 0 Å². The SMILES string of the molecule is COCCN=C1Sc2nc3cc4c(cc3cc2CN1CCc1ccccc1)OCO4. The molecule has 0 fully saturated rings. The Morgan fingerprint density at radius 3 is 2.80 bits per heavy atom. The van der Waals surface area contributed by atoms with Gasteiger partial charge in [-0.2, -0.15) is 0 Å². The zero-order chi connectivity index (χ0) is 20.3. The Bertz CT molecular complexity index is 1090. The molecule has 2 aliphatic heterocycles. The molecule has 0 radical (unpaired) electrons. The quantitative estimate of drug-likeness (QED) is 0.558. The number of aromatic nitrogens is 1. The number of ether oxygens (including phenoxy) is 3. The van der Waals surface area contributed by atoms with Gasteiger partial charge < -0.3 is 19.1 Å². The van der Waals surface area contributed by atoms with E-state index in [0.29, 0.717) is 13.2 Å². The molecular formula is C23H23N3O3S. The van der Waals surface area contributed by atoms with E-state index in [1.165, 1.54) is 11.1 Å². The number of methoxy groups -OCH3 is 1. The van der Waals surface area contributed by atoms with Gasteiger partial charge in [0.15, 0.2) is 16.7 Å². The second-order valence-electron chi connectivity index (χ2n) is 7.27.